The normalized spacial score (nSPS) is 19.7. The molecule has 0 amide bonds. The summed E-state index contributed by atoms with van der Waals surface area (Å²) in [6.45, 7) is 1.58. The van der Waals surface area contributed by atoms with Crippen LogP contribution in [-0.4, -0.2) is 17.7 Å². The molecule has 5 heteroatoms. The summed E-state index contributed by atoms with van der Waals surface area (Å²) in [4.78, 5) is 21.5. The van der Waals surface area contributed by atoms with Crippen LogP contribution < -0.4 is 0 Å². The fourth-order valence-electron chi connectivity index (χ4n) is 0.926. The molecule has 74 valence electrons. The number of rotatable bonds is 3. The molecule has 0 N–H and O–H groups in total. The number of carbonyl (C=O) groups excluding carboxylic acids is 2. The zero-order chi connectivity index (χ0) is 10.3. The van der Waals surface area contributed by atoms with Gasteiger partial charge in [-0.2, -0.15) is 13.2 Å². The minimum atomic E-state index is -4.87. The molecular formula is C8H9F3O2. The van der Waals surface area contributed by atoms with Gasteiger partial charge in [-0.05, 0) is 12.8 Å². The minimum Gasteiger partial charge on any atom is -0.299 e. The van der Waals surface area contributed by atoms with Crippen molar-refractivity contribution in [1.82, 2.24) is 0 Å². The van der Waals surface area contributed by atoms with Gasteiger partial charge in [0, 0.05) is 5.41 Å². The van der Waals surface area contributed by atoms with Gasteiger partial charge in [0.25, 0.3) is 0 Å². The van der Waals surface area contributed by atoms with Gasteiger partial charge in [0.1, 0.15) is 5.78 Å². The Morgan fingerprint density at radius 3 is 2.08 bits per heavy atom. The second-order valence-electron chi connectivity index (χ2n) is 3.58. The Morgan fingerprint density at radius 1 is 1.31 bits per heavy atom. The van der Waals surface area contributed by atoms with Crippen LogP contribution in [0.25, 0.3) is 0 Å². The third-order valence-electron chi connectivity index (χ3n) is 2.31. The standard InChI is InChI=1S/C8H9F3O2/c1-7(2-3-7)5(12)4-6(13)8(9,10)11/h2-4H2,1H3. The Bertz CT molecular complexity index is 235. The Labute approximate surface area is 73.1 Å². The number of Topliss-reactive ketones (excluding diaryl/α,β-unsaturated/α-hetero) is 2. The monoisotopic (exact) mass is 194 g/mol. The molecule has 1 aliphatic carbocycles. The van der Waals surface area contributed by atoms with Gasteiger partial charge in [0.05, 0.1) is 6.42 Å². The van der Waals surface area contributed by atoms with Crippen LogP contribution in [0.15, 0.2) is 0 Å². The van der Waals surface area contributed by atoms with Crippen molar-refractivity contribution in [3.63, 3.8) is 0 Å². The molecule has 1 saturated carbocycles. The molecule has 0 aliphatic heterocycles. The summed E-state index contributed by atoms with van der Waals surface area (Å²) in [6, 6.07) is 0. The van der Waals surface area contributed by atoms with Crippen molar-refractivity contribution in [3.05, 3.63) is 0 Å². The van der Waals surface area contributed by atoms with E-state index >= 15 is 0 Å². The van der Waals surface area contributed by atoms with E-state index < -0.39 is 29.6 Å². The molecular weight excluding hydrogens is 185 g/mol. The first-order valence-corrected chi connectivity index (χ1v) is 3.89. The molecule has 0 spiro atoms. The predicted octanol–water partition coefficient (Wildman–Crippen LogP) is 1.88. The van der Waals surface area contributed by atoms with Crippen LogP contribution in [0.3, 0.4) is 0 Å². The lowest BCUT2D eigenvalue weighted by atomic mass is 9.99. The first-order chi connectivity index (χ1) is 5.76. The highest BCUT2D eigenvalue weighted by atomic mass is 19.4. The molecule has 0 aromatic carbocycles. The highest BCUT2D eigenvalue weighted by Crippen LogP contribution is 2.46. The van der Waals surface area contributed by atoms with E-state index in [0.717, 1.165) is 0 Å². The smallest absolute Gasteiger partial charge is 0.299 e. The van der Waals surface area contributed by atoms with Gasteiger partial charge in [-0.15, -0.1) is 0 Å². The van der Waals surface area contributed by atoms with Crippen molar-refractivity contribution in [3.8, 4) is 0 Å². The van der Waals surface area contributed by atoms with Crippen molar-refractivity contribution in [1.29, 1.82) is 0 Å². The molecule has 1 aliphatic rings. The molecule has 1 fully saturated rings. The quantitative estimate of drug-likeness (QED) is 0.643. The largest absolute Gasteiger partial charge is 0.450 e. The number of hydrogen-bond donors (Lipinski definition) is 0. The summed E-state index contributed by atoms with van der Waals surface area (Å²) in [5.74, 6) is -2.53. The topological polar surface area (TPSA) is 34.1 Å². The van der Waals surface area contributed by atoms with E-state index in [0.29, 0.717) is 12.8 Å². The molecule has 0 heterocycles. The zero-order valence-electron chi connectivity index (χ0n) is 7.07. The third-order valence-corrected chi connectivity index (χ3v) is 2.31. The first-order valence-electron chi connectivity index (χ1n) is 3.89. The Balaban J connectivity index is 2.50. The Hall–Kier alpha value is -0.870. The average Bonchev–Trinajstić information content (AvgIpc) is 2.67. The molecule has 2 nitrogen and oxygen atoms in total. The molecule has 0 aromatic rings. The maximum Gasteiger partial charge on any atom is 0.450 e. The van der Waals surface area contributed by atoms with Crippen LogP contribution in [0.5, 0.6) is 0 Å². The number of hydrogen-bond acceptors (Lipinski definition) is 2. The molecule has 13 heavy (non-hydrogen) atoms. The van der Waals surface area contributed by atoms with Gasteiger partial charge in [0.15, 0.2) is 0 Å². The average molecular weight is 194 g/mol. The second-order valence-corrected chi connectivity index (χ2v) is 3.58. The number of alkyl halides is 3. The summed E-state index contributed by atoms with van der Waals surface area (Å²) >= 11 is 0. The third kappa shape index (κ3) is 2.29. The van der Waals surface area contributed by atoms with Crippen LogP contribution in [0.1, 0.15) is 26.2 Å². The molecule has 0 unspecified atom stereocenters. The molecule has 0 aromatic heterocycles. The highest BCUT2D eigenvalue weighted by Gasteiger charge is 2.48. The molecule has 1 rings (SSSR count). The zero-order valence-corrected chi connectivity index (χ0v) is 7.07. The van der Waals surface area contributed by atoms with Gasteiger partial charge >= 0.3 is 6.18 Å². The fraction of sp³-hybridized carbons (Fsp3) is 0.750. The van der Waals surface area contributed by atoms with Crippen molar-refractivity contribution < 1.29 is 22.8 Å². The van der Waals surface area contributed by atoms with Crippen LogP contribution in [0.2, 0.25) is 0 Å². The van der Waals surface area contributed by atoms with E-state index in [1.54, 1.807) is 6.92 Å². The fourth-order valence-corrected chi connectivity index (χ4v) is 0.926. The Kier molecular flexibility index (Phi) is 2.21. The maximum atomic E-state index is 11.7. The number of carbonyl (C=O) groups is 2. The van der Waals surface area contributed by atoms with E-state index in [1.165, 1.54) is 0 Å². The Morgan fingerprint density at radius 2 is 1.77 bits per heavy atom. The lowest BCUT2D eigenvalue weighted by molar-refractivity contribution is -0.172. The van der Waals surface area contributed by atoms with Crippen molar-refractivity contribution in [2.75, 3.05) is 0 Å². The predicted molar refractivity (Wildman–Crippen MR) is 38.0 cm³/mol. The van der Waals surface area contributed by atoms with E-state index in [-0.39, 0.29) is 0 Å². The lowest BCUT2D eigenvalue weighted by Gasteiger charge is -2.07. The minimum absolute atomic E-state index is 0.588. The summed E-state index contributed by atoms with van der Waals surface area (Å²) in [5, 5.41) is 0. The van der Waals surface area contributed by atoms with E-state index in [1.807, 2.05) is 0 Å². The van der Waals surface area contributed by atoms with Gasteiger partial charge in [-0.25, -0.2) is 0 Å². The van der Waals surface area contributed by atoms with E-state index in [2.05, 4.69) is 0 Å². The lowest BCUT2D eigenvalue weighted by Crippen LogP contribution is -2.27. The maximum absolute atomic E-state index is 11.7. The van der Waals surface area contributed by atoms with Crippen molar-refractivity contribution in [2.45, 2.75) is 32.4 Å². The van der Waals surface area contributed by atoms with Crippen molar-refractivity contribution >= 4 is 11.6 Å². The molecule has 0 saturated heterocycles. The van der Waals surface area contributed by atoms with Crippen LogP contribution in [0.4, 0.5) is 13.2 Å². The summed E-state index contributed by atoms with van der Waals surface area (Å²) in [5.41, 5.74) is -0.652. The summed E-state index contributed by atoms with van der Waals surface area (Å²) < 4.78 is 35.1. The van der Waals surface area contributed by atoms with Gasteiger partial charge in [-0.3, -0.25) is 9.59 Å². The first kappa shape index (κ1) is 10.2. The SMILES string of the molecule is CC1(C(=O)CC(=O)C(F)(F)F)CC1. The van der Waals surface area contributed by atoms with Crippen molar-refractivity contribution in [2.24, 2.45) is 5.41 Å². The second kappa shape index (κ2) is 2.82. The molecule has 0 radical (unpaired) electrons. The van der Waals surface area contributed by atoms with Gasteiger partial charge in [-0.1, -0.05) is 6.92 Å². The van der Waals surface area contributed by atoms with E-state index in [4.69, 9.17) is 0 Å². The van der Waals surface area contributed by atoms with Crippen LogP contribution in [-0.2, 0) is 9.59 Å². The van der Waals surface area contributed by atoms with Gasteiger partial charge in [0.2, 0.25) is 5.78 Å². The molecule has 0 atom stereocenters. The number of ketones is 2. The van der Waals surface area contributed by atoms with Crippen LogP contribution in [0, 0.1) is 5.41 Å². The number of halogens is 3. The van der Waals surface area contributed by atoms with Crippen LogP contribution >= 0.6 is 0 Å². The highest BCUT2D eigenvalue weighted by molar-refractivity contribution is 6.04. The van der Waals surface area contributed by atoms with E-state index in [9.17, 15) is 22.8 Å². The van der Waals surface area contributed by atoms with Gasteiger partial charge < -0.3 is 0 Å². The summed E-state index contributed by atoms with van der Waals surface area (Å²) in [6.07, 6.45) is -4.69. The summed E-state index contributed by atoms with van der Waals surface area (Å²) in [7, 11) is 0. The molecule has 0 bridgehead atoms.